The molecule has 0 unspecified atom stereocenters. The molecule has 0 amide bonds. The Balaban J connectivity index is 2.38. The second kappa shape index (κ2) is 8.05. The number of methoxy groups -OCH3 is 2. The van der Waals surface area contributed by atoms with Crippen molar-refractivity contribution >= 4 is 11.6 Å². The molecule has 0 aliphatic carbocycles. The average Bonchev–Trinajstić information content (AvgIpc) is 2.90. The highest BCUT2D eigenvalue weighted by molar-refractivity contribution is 5.88. The molecule has 0 aromatic carbocycles. The lowest BCUT2D eigenvalue weighted by atomic mass is 10.2. The highest BCUT2D eigenvalue weighted by Gasteiger charge is 2.21. The number of fused-ring (bicyclic) bond motifs is 1. The number of rotatable bonds is 9. The molecule has 0 fully saturated rings. The van der Waals surface area contributed by atoms with Crippen LogP contribution in [0.5, 0.6) is 0 Å². The van der Waals surface area contributed by atoms with Crippen molar-refractivity contribution in [2.24, 2.45) is 0 Å². The molecule has 2 aromatic rings. The van der Waals surface area contributed by atoms with E-state index in [1.54, 1.807) is 14.2 Å². The van der Waals surface area contributed by atoms with Crippen molar-refractivity contribution in [3.8, 4) is 0 Å². The van der Waals surface area contributed by atoms with E-state index < -0.39 is 5.97 Å². The van der Waals surface area contributed by atoms with Crippen LogP contribution in [0.15, 0.2) is 18.2 Å². The minimum absolute atomic E-state index is 0.0964. The molecule has 0 aliphatic rings. The summed E-state index contributed by atoms with van der Waals surface area (Å²) in [5.74, 6) is -1.01. The first-order valence-electron chi connectivity index (χ1n) is 7.49. The third-order valence-corrected chi connectivity index (χ3v) is 3.73. The molecular formula is C16H23N3O4. The van der Waals surface area contributed by atoms with E-state index in [0.717, 1.165) is 5.69 Å². The second-order valence-electron chi connectivity index (χ2n) is 5.33. The molecule has 2 heterocycles. The maximum absolute atomic E-state index is 11.6. The Kier molecular flexibility index (Phi) is 6.09. The van der Waals surface area contributed by atoms with Gasteiger partial charge in [0.25, 0.3) is 0 Å². The minimum Gasteiger partial charge on any atom is -0.476 e. The highest BCUT2D eigenvalue weighted by Crippen LogP contribution is 2.17. The third-order valence-electron chi connectivity index (χ3n) is 3.73. The fourth-order valence-corrected chi connectivity index (χ4v) is 2.57. The quantitative estimate of drug-likeness (QED) is 0.753. The second-order valence-corrected chi connectivity index (χ2v) is 5.33. The summed E-state index contributed by atoms with van der Waals surface area (Å²) >= 11 is 0. The molecule has 0 saturated carbocycles. The SMILES string of the molecule is COCCN(CCOC)Cc1c(C(=O)O)nc2cccc(C)n12. The first-order valence-corrected chi connectivity index (χ1v) is 7.49. The number of carbonyl (C=O) groups is 1. The number of carboxylic acid groups (broad SMARTS) is 1. The van der Waals surface area contributed by atoms with E-state index in [1.807, 2.05) is 29.5 Å². The smallest absolute Gasteiger partial charge is 0.356 e. The van der Waals surface area contributed by atoms with Crippen LogP contribution in [0.25, 0.3) is 5.65 Å². The lowest BCUT2D eigenvalue weighted by Gasteiger charge is -2.22. The van der Waals surface area contributed by atoms with Gasteiger partial charge in [-0.05, 0) is 19.1 Å². The first kappa shape index (κ1) is 17.4. The Labute approximate surface area is 135 Å². The van der Waals surface area contributed by atoms with Crippen molar-refractivity contribution in [1.82, 2.24) is 14.3 Å². The van der Waals surface area contributed by atoms with Crippen molar-refractivity contribution in [2.75, 3.05) is 40.5 Å². The van der Waals surface area contributed by atoms with Gasteiger partial charge in [-0.1, -0.05) is 6.07 Å². The standard InChI is InChI=1S/C16H23N3O4/c1-12-5-4-6-14-17-15(16(20)21)13(19(12)14)11-18(7-9-22-2)8-10-23-3/h4-6H,7-11H2,1-3H3,(H,20,21). The molecule has 0 aliphatic heterocycles. The summed E-state index contributed by atoms with van der Waals surface area (Å²) in [5.41, 5.74) is 2.38. The normalized spacial score (nSPS) is 11.5. The van der Waals surface area contributed by atoms with Crippen LogP contribution in [0.3, 0.4) is 0 Å². The Bertz CT molecular complexity index is 661. The lowest BCUT2D eigenvalue weighted by Crippen LogP contribution is -2.31. The van der Waals surface area contributed by atoms with Crippen LogP contribution in [0, 0.1) is 6.92 Å². The summed E-state index contributed by atoms with van der Waals surface area (Å²) in [6.07, 6.45) is 0. The average molecular weight is 321 g/mol. The molecular weight excluding hydrogens is 298 g/mol. The minimum atomic E-state index is -1.01. The topological polar surface area (TPSA) is 76.3 Å². The molecule has 0 radical (unpaired) electrons. The van der Waals surface area contributed by atoms with Gasteiger partial charge in [0, 0.05) is 39.5 Å². The molecule has 7 heteroatoms. The Hall–Kier alpha value is -1.96. The summed E-state index contributed by atoms with van der Waals surface area (Å²) in [4.78, 5) is 17.9. The first-order chi connectivity index (χ1) is 11.1. The van der Waals surface area contributed by atoms with Crippen molar-refractivity contribution in [3.05, 3.63) is 35.3 Å². The number of hydrogen-bond donors (Lipinski definition) is 1. The number of ether oxygens (including phenoxy) is 2. The fourth-order valence-electron chi connectivity index (χ4n) is 2.57. The van der Waals surface area contributed by atoms with E-state index in [-0.39, 0.29) is 5.69 Å². The van der Waals surface area contributed by atoms with Crippen LogP contribution in [0.1, 0.15) is 21.9 Å². The summed E-state index contributed by atoms with van der Waals surface area (Å²) in [5, 5.41) is 9.48. The van der Waals surface area contributed by atoms with E-state index in [0.29, 0.717) is 44.2 Å². The highest BCUT2D eigenvalue weighted by atomic mass is 16.5. The molecule has 2 aromatic heterocycles. The fraction of sp³-hybridized carbons (Fsp3) is 0.500. The molecule has 0 atom stereocenters. The maximum Gasteiger partial charge on any atom is 0.356 e. The molecule has 23 heavy (non-hydrogen) atoms. The van der Waals surface area contributed by atoms with Gasteiger partial charge in [0.05, 0.1) is 18.9 Å². The number of aromatic carboxylic acids is 1. The van der Waals surface area contributed by atoms with Crippen LogP contribution >= 0.6 is 0 Å². The number of imidazole rings is 1. The Morgan fingerprint density at radius 3 is 2.48 bits per heavy atom. The van der Waals surface area contributed by atoms with E-state index in [2.05, 4.69) is 9.88 Å². The van der Waals surface area contributed by atoms with Gasteiger partial charge in [0.1, 0.15) is 5.65 Å². The van der Waals surface area contributed by atoms with Gasteiger partial charge >= 0.3 is 5.97 Å². The molecule has 2 rings (SSSR count). The van der Waals surface area contributed by atoms with Gasteiger partial charge in [-0.25, -0.2) is 9.78 Å². The Morgan fingerprint density at radius 2 is 1.91 bits per heavy atom. The summed E-state index contributed by atoms with van der Waals surface area (Å²) in [7, 11) is 3.30. The van der Waals surface area contributed by atoms with Crippen molar-refractivity contribution in [3.63, 3.8) is 0 Å². The van der Waals surface area contributed by atoms with E-state index in [1.165, 1.54) is 0 Å². The molecule has 126 valence electrons. The van der Waals surface area contributed by atoms with Gasteiger partial charge in [-0.15, -0.1) is 0 Å². The zero-order valence-electron chi connectivity index (χ0n) is 13.8. The summed E-state index contributed by atoms with van der Waals surface area (Å²) < 4.78 is 12.2. The number of carboxylic acids is 1. The zero-order chi connectivity index (χ0) is 16.8. The van der Waals surface area contributed by atoms with Crippen molar-refractivity contribution < 1.29 is 19.4 Å². The maximum atomic E-state index is 11.6. The number of aryl methyl sites for hydroxylation is 1. The van der Waals surface area contributed by atoms with Crippen LogP contribution in [0.2, 0.25) is 0 Å². The number of aromatic nitrogens is 2. The summed E-state index contributed by atoms with van der Waals surface area (Å²) in [6.45, 7) is 4.94. The van der Waals surface area contributed by atoms with Crippen molar-refractivity contribution in [2.45, 2.75) is 13.5 Å². The third kappa shape index (κ3) is 4.07. The van der Waals surface area contributed by atoms with E-state index in [9.17, 15) is 9.90 Å². The largest absolute Gasteiger partial charge is 0.476 e. The van der Waals surface area contributed by atoms with Gasteiger partial charge in [-0.2, -0.15) is 0 Å². The molecule has 1 N–H and O–H groups in total. The van der Waals surface area contributed by atoms with Crippen LogP contribution in [0.4, 0.5) is 0 Å². The number of nitrogens with zero attached hydrogens (tertiary/aromatic N) is 3. The lowest BCUT2D eigenvalue weighted by molar-refractivity contribution is 0.0686. The molecule has 0 spiro atoms. The molecule has 0 saturated heterocycles. The molecule has 0 bridgehead atoms. The van der Waals surface area contributed by atoms with Gasteiger partial charge in [0.15, 0.2) is 5.69 Å². The predicted octanol–water partition coefficient (Wildman–Crippen LogP) is 1.44. The monoisotopic (exact) mass is 321 g/mol. The van der Waals surface area contributed by atoms with Crippen LogP contribution in [-0.2, 0) is 16.0 Å². The zero-order valence-corrected chi connectivity index (χ0v) is 13.8. The molecule has 7 nitrogen and oxygen atoms in total. The number of hydrogen-bond acceptors (Lipinski definition) is 5. The number of pyridine rings is 1. The van der Waals surface area contributed by atoms with E-state index >= 15 is 0 Å². The van der Waals surface area contributed by atoms with Gasteiger partial charge < -0.3 is 14.6 Å². The van der Waals surface area contributed by atoms with Crippen LogP contribution in [-0.4, -0.2) is 65.9 Å². The van der Waals surface area contributed by atoms with Gasteiger partial charge in [0.2, 0.25) is 0 Å². The van der Waals surface area contributed by atoms with Gasteiger partial charge in [-0.3, -0.25) is 9.30 Å². The predicted molar refractivity (Wildman–Crippen MR) is 85.9 cm³/mol. The van der Waals surface area contributed by atoms with Crippen molar-refractivity contribution in [1.29, 1.82) is 0 Å². The summed E-state index contributed by atoms with van der Waals surface area (Å²) in [6, 6.07) is 5.64. The van der Waals surface area contributed by atoms with Crippen LogP contribution < -0.4 is 0 Å². The Morgan fingerprint density at radius 1 is 1.26 bits per heavy atom. The van der Waals surface area contributed by atoms with E-state index in [4.69, 9.17) is 9.47 Å².